The minimum atomic E-state index is -1.19. The van der Waals surface area contributed by atoms with Gasteiger partial charge in [-0.2, -0.15) is 0 Å². The molecule has 0 bridgehead atoms. The van der Waals surface area contributed by atoms with E-state index in [1.54, 1.807) is 6.92 Å². The van der Waals surface area contributed by atoms with E-state index in [9.17, 15) is 4.79 Å². The van der Waals surface area contributed by atoms with E-state index in [0.717, 1.165) is 0 Å². The largest absolute Gasteiger partial charge is 0.348 e. The van der Waals surface area contributed by atoms with Gasteiger partial charge in [0.2, 0.25) is 5.79 Å². The van der Waals surface area contributed by atoms with Gasteiger partial charge in [-0.05, 0) is 41.0 Å². The van der Waals surface area contributed by atoms with Crippen LogP contribution in [0.25, 0.3) is 0 Å². The minimum absolute atomic E-state index is 0.0737. The Morgan fingerprint density at radius 2 is 1.73 bits per heavy atom. The molecule has 0 N–H and O–H groups in total. The van der Waals surface area contributed by atoms with Gasteiger partial charge in [-0.25, -0.2) is 0 Å². The molecule has 0 aromatic carbocycles. The van der Waals surface area contributed by atoms with Gasteiger partial charge in [0.15, 0.2) is 24.0 Å². The summed E-state index contributed by atoms with van der Waals surface area (Å²) in [6.07, 6.45) is -1.44. The van der Waals surface area contributed by atoms with Crippen molar-refractivity contribution in [2.24, 2.45) is 0 Å². The lowest BCUT2D eigenvalue weighted by Gasteiger charge is -2.44. The lowest BCUT2D eigenvalue weighted by molar-refractivity contribution is -0.360. The quantitative estimate of drug-likeness (QED) is 0.737. The Morgan fingerprint density at radius 3 is 2.38 bits per heavy atom. The van der Waals surface area contributed by atoms with E-state index >= 15 is 0 Å². The Kier molecular flexibility index (Phi) is 4.47. The van der Waals surface area contributed by atoms with E-state index in [1.807, 2.05) is 27.7 Å². The second kappa shape index (κ2) is 6.20. The maximum Gasteiger partial charge on any atom is 0.230 e. The summed E-state index contributed by atoms with van der Waals surface area (Å²) in [6, 6.07) is 0. The Bertz CT molecular complexity index is 576. The van der Waals surface area contributed by atoms with E-state index in [4.69, 9.17) is 33.2 Å². The van der Waals surface area contributed by atoms with Crippen molar-refractivity contribution in [2.45, 2.75) is 95.5 Å². The van der Waals surface area contributed by atoms with Crippen molar-refractivity contribution >= 4 is 5.78 Å². The highest BCUT2D eigenvalue weighted by Crippen LogP contribution is 2.50. The van der Waals surface area contributed by atoms with Crippen molar-refractivity contribution in [1.82, 2.24) is 0 Å². The number of ether oxygens (including phenoxy) is 7. The summed E-state index contributed by atoms with van der Waals surface area (Å²) >= 11 is 0. The fourth-order valence-electron chi connectivity index (χ4n) is 4.18. The molecule has 0 saturated carbocycles. The Hall–Kier alpha value is -0.610. The van der Waals surface area contributed by atoms with Gasteiger partial charge in [-0.3, -0.25) is 4.79 Å². The molecule has 1 spiro atoms. The summed E-state index contributed by atoms with van der Waals surface area (Å²) in [4.78, 5) is 11.6. The number of hydrogen-bond donors (Lipinski definition) is 0. The summed E-state index contributed by atoms with van der Waals surface area (Å²) in [7, 11) is 0. The van der Waals surface area contributed by atoms with E-state index in [0.29, 0.717) is 26.1 Å². The molecule has 0 aromatic heterocycles. The first-order chi connectivity index (χ1) is 12.1. The van der Waals surface area contributed by atoms with Crippen LogP contribution in [0.4, 0.5) is 0 Å². The van der Waals surface area contributed by atoms with Crippen molar-refractivity contribution in [3.8, 4) is 0 Å². The summed E-state index contributed by atoms with van der Waals surface area (Å²) in [5, 5.41) is 0. The molecule has 4 aliphatic heterocycles. The zero-order chi connectivity index (χ0) is 18.7. The molecule has 148 valence electrons. The van der Waals surface area contributed by atoms with Crippen molar-refractivity contribution in [1.29, 1.82) is 0 Å². The van der Waals surface area contributed by atoms with Crippen LogP contribution in [0.15, 0.2) is 0 Å². The van der Waals surface area contributed by atoms with E-state index in [-0.39, 0.29) is 18.0 Å². The van der Waals surface area contributed by atoms with E-state index in [1.165, 1.54) is 0 Å². The smallest absolute Gasteiger partial charge is 0.230 e. The first-order valence-corrected chi connectivity index (χ1v) is 9.24. The SMILES string of the molecule is CC(=O)C[C@H]1CCO[C@]2(O1)[C@@H]([C@H]1COC(C)(C)O1)O[C@@H]1OC(C)(C)O[C@@H]12. The van der Waals surface area contributed by atoms with E-state index < -0.39 is 35.9 Å². The first kappa shape index (κ1) is 18.7. The number of hydrogen-bond acceptors (Lipinski definition) is 8. The number of rotatable bonds is 3. The van der Waals surface area contributed by atoms with Crippen molar-refractivity contribution in [3.05, 3.63) is 0 Å². The average Bonchev–Trinajstić information content (AvgIpc) is 3.10. The summed E-state index contributed by atoms with van der Waals surface area (Å²) < 4.78 is 42.3. The van der Waals surface area contributed by atoms with Crippen LogP contribution in [-0.4, -0.2) is 67.1 Å². The molecule has 6 atom stereocenters. The van der Waals surface area contributed by atoms with Gasteiger partial charge in [0, 0.05) is 6.42 Å². The monoisotopic (exact) mass is 372 g/mol. The molecule has 0 unspecified atom stereocenters. The molecule has 0 aromatic rings. The van der Waals surface area contributed by atoms with Gasteiger partial charge < -0.3 is 33.2 Å². The van der Waals surface area contributed by atoms with Crippen LogP contribution >= 0.6 is 0 Å². The van der Waals surface area contributed by atoms with Gasteiger partial charge >= 0.3 is 0 Å². The molecule has 0 aliphatic carbocycles. The maximum absolute atomic E-state index is 11.6. The van der Waals surface area contributed by atoms with Crippen LogP contribution in [0.5, 0.6) is 0 Å². The van der Waals surface area contributed by atoms with Gasteiger partial charge in [0.25, 0.3) is 0 Å². The van der Waals surface area contributed by atoms with Crippen molar-refractivity contribution in [3.63, 3.8) is 0 Å². The molecule has 0 amide bonds. The molecular formula is C18H28O8. The molecular weight excluding hydrogens is 344 g/mol. The zero-order valence-corrected chi connectivity index (χ0v) is 16.0. The predicted molar refractivity (Wildman–Crippen MR) is 87.1 cm³/mol. The fourth-order valence-corrected chi connectivity index (χ4v) is 4.18. The summed E-state index contributed by atoms with van der Waals surface area (Å²) in [5.74, 6) is -2.63. The third-order valence-corrected chi connectivity index (χ3v) is 5.13. The Balaban J connectivity index is 1.62. The van der Waals surface area contributed by atoms with Crippen LogP contribution in [0.2, 0.25) is 0 Å². The highest BCUT2D eigenvalue weighted by molar-refractivity contribution is 5.75. The predicted octanol–water partition coefficient (Wildman–Crippen LogP) is 1.50. The number of ketones is 1. The zero-order valence-electron chi connectivity index (χ0n) is 16.0. The topological polar surface area (TPSA) is 81.7 Å². The minimum Gasteiger partial charge on any atom is -0.348 e. The maximum atomic E-state index is 11.6. The van der Waals surface area contributed by atoms with Gasteiger partial charge in [-0.15, -0.1) is 0 Å². The lowest BCUT2D eigenvalue weighted by Crippen LogP contribution is -2.61. The molecule has 26 heavy (non-hydrogen) atoms. The molecule has 4 heterocycles. The van der Waals surface area contributed by atoms with E-state index in [2.05, 4.69) is 0 Å². The summed E-state index contributed by atoms with van der Waals surface area (Å²) in [6.45, 7) is 9.72. The lowest BCUT2D eigenvalue weighted by atomic mass is 9.98. The van der Waals surface area contributed by atoms with Crippen molar-refractivity contribution in [2.75, 3.05) is 13.2 Å². The first-order valence-electron chi connectivity index (χ1n) is 9.24. The number of fused-ring (bicyclic) bond motifs is 2. The molecule has 8 nitrogen and oxygen atoms in total. The third kappa shape index (κ3) is 3.22. The average molecular weight is 372 g/mol. The molecule has 4 saturated heterocycles. The van der Waals surface area contributed by atoms with Gasteiger partial charge in [0.1, 0.15) is 18.0 Å². The van der Waals surface area contributed by atoms with Crippen LogP contribution < -0.4 is 0 Å². The molecule has 0 radical (unpaired) electrons. The van der Waals surface area contributed by atoms with Crippen molar-refractivity contribution < 1.29 is 38.0 Å². The molecule has 4 aliphatic rings. The van der Waals surface area contributed by atoms with Crippen LogP contribution in [0.3, 0.4) is 0 Å². The number of carbonyl (C=O) groups is 1. The second-order valence-electron chi connectivity index (χ2n) is 8.35. The second-order valence-corrected chi connectivity index (χ2v) is 8.35. The van der Waals surface area contributed by atoms with Crippen LogP contribution in [0, 0.1) is 0 Å². The highest BCUT2D eigenvalue weighted by Gasteiger charge is 2.70. The Morgan fingerprint density at radius 1 is 0.962 bits per heavy atom. The standard InChI is InChI=1S/C18H28O8/c1-10(19)8-11-6-7-20-18(23-11)13(12-9-21-16(2,3)24-12)22-15-14(18)25-17(4,5)26-15/h11-15H,6-9H2,1-5H3/t11-,12-,13-,14+,15-,18+/m1/s1. The van der Waals surface area contributed by atoms with Gasteiger partial charge in [-0.1, -0.05) is 0 Å². The van der Waals surface area contributed by atoms with Gasteiger partial charge in [0.05, 0.1) is 19.3 Å². The highest BCUT2D eigenvalue weighted by atomic mass is 16.9. The third-order valence-electron chi connectivity index (χ3n) is 5.13. The number of Topliss-reactive ketones (excluding diaryl/α,β-unsaturated/α-hetero) is 1. The molecule has 4 rings (SSSR count). The molecule has 4 fully saturated rings. The summed E-state index contributed by atoms with van der Waals surface area (Å²) in [5.41, 5.74) is 0. The van der Waals surface area contributed by atoms with Crippen LogP contribution in [-0.2, 0) is 38.0 Å². The fraction of sp³-hybridized carbons (Fsp3) is 0.944. The Labute approximate surface area is 153 Å². The number of carbonyl (C=O) groups excluding carboxylic acids is 1. The normalized spacial score (nSPS) is 46.6. The molecule has 8 heteroatoms. The van der Waals surface area contributed by atoms with Crippen LogP contribution in [0.1, 0.15) is 47.5 Å².